The highest BCUT2D eigenvalue weighted by molar-refractivity contribution is 7.77. The van der Waals surface area contributed by atoms with E-state index in [9.17, 15) is 8.78 Å². The molecular formula is C17H18ClF2N5OS. The fraction of sp³-hybridized carbons (Fsp3) is 0.294. The van der Waals surface area contributed by atoms with E-state index in [1.165, 1.54) is 28.9 Å². The van der Waals surface area contributed by atoms with Crippen LogP contribution in [0.15, 0.2) is 30.5 Å². The number of aliphatic hydroxyl groups excluding tert-OH is 1. The first-order chi connectivity index (χ1) is 12.8. The van der Waals surface area contributed by atoms with Crippen molar-refractivity contribution in [3.63, 3.8) is 0 Å². The summed E-state index contributed by atoms with van der Waals surface area (Å²) < 4.78 is 30.7. The average Bonchev–Trinajstić information content (AvgIpc) is 2.91. The van der Waals surface area contributed by atoms with Gasteiger partial charge in [-0.05, 0) is 31.0 Å². The summed E-state index contributed by atoms with van der Waals surface area (Å²) >= 11 is 9.78. The summed E-state index contributed by atoms with van der Waals surface area (Å²) in [6, 6.07) is 5.30. The van der Waals surface area contributed by atoms with Gasteiger partial charge in [-0.3, -0.25) is 4.31 Å². The molecule has 1 aromatic carbocycles. The van der Waals surface area contributed by atoms with Crippen molar-refractivity contribution in [2.75, 3.05) is 18.8 Å². The number of fused-ring (bicyclic) bond motifs is 1. The standard InChI is InChI=1S/C12H7ClF2N4.C5H11NOS/c13-6-1-2-7(8(14)3-6)10-4-9(15)11-5-17-12(16)18-19(10)11;7-5-2-1-3-6(8)4-5/h1-5H,(H2,16,18);5,7-8H,1-4H2. The van der Waals surface area contributed by atoms with E-state index in [0.29, 0.717) is 0 Å². The third kappa shape index (κ3) is 4.67. The summed E-state index contributed by atoms with van der Waals surface area (Å²) in [5.41, 5.74) is 6.01. The van der Waals surface area contributed by atoms with Gasteiger partial charge in [-0.2, -0.15) is 0 Å². The lowest BCUT2D eigenvalue weighted by Gasteiger charge is -2.24. The minimum Gasteiger partial charge on any atom is -0.392 e. The molecule has 3 heterocycles. The molecule has 27 heavy (non-hydrogen) atoms. The Labute approximate surface area is 165 Å². The van der Waals surface area contributed by atoms with Crippen molar-refractivity contribution >= 4 is 35.9 Å². The lowest BCUT2D eigenvalue weighted by Crippen LogP contribution is -2.31. The molecule has 0 radical (unpaired) electrons. The Kier molecular flexibility index (Phi) is 6.15. The monoisotopic (exact) mass is 413 g/mol. The summed E-state index contributed by atoms with van der Waals surface area (Å²) in [5, 5.41) is 13.1. The Hall–Kier alpha value is -1.94. The van der Waals surface area contributed by atoms with Crippen molar-refractivity contribution < 1.29 is 13.9 Å². The summed E-state index contributed by atoms with van der Waals surface area (Å²) in [7, 11) is 0. The van der Waals surface area contributed by atoms with Gasteiger partial charge in [0.25, 0.3) is 0 Å². The van der Waals surface area contributed by atoms with Crippen molar-refractivity contribution in [3.8, 4) is 11.3 Å². The maximum Gasteiger partial charge on any atom is 0.238 e. The van der Waals surface area contributed by atoms with Gasteiger partial charge in [0.05, 0.1) is 18.0 Å². The van der Waals surface area contributed by atoms with Gasteiger partial charge in [-0.15, -0.1) is 5.10 Å². The molecule has 3 aromatic rings. The summed E-state index contributed by atoms with van der Waals surface area (Å²) in [6.07, 6.45) is 3.12. The van der Waals surface area contributed by atoms with Crippen molar-refractivity contribution in [2.24, 2.45) is 0 Å². The fourth-order valence-corrected chi connectivity index (χ4v) is 3.28. The third-order valence-corrected chi connectivity index (χ3v) is 4.67. The largest absolute Gasteiger partial charge is 0.392 e. The molecule has 1 aliphatic heterocycles. The molecular weight excluding hydrogens is 396 g/mol. The molecule has 144 valence electrons. The maximum atomic E-state index is 13.9. The lowest BCUT2D eigenvalue weighted by atomic mass is 10.1. The topological polar surface area (TPSA) is 79.7 Å². The zero-order chi connectivity index (χ0) is 19.6. The van der Waals surface area contributed by atoms with Crippen LogP contribution in [0.5, 0.6) is 0 Å². The normalized spacial score (nSPS) is 17.6. The SMILES string of the molecule is Nc1ncc2c(F)cc(-c3ccc(Cl)cc3F)n2n1.OC1CCCN(S)C1. The van der Waals surface area contributed by atoms with E-state index in [4.69, 9.17) is 22.4 Å². The molecule has 1 atom stereocenters. The molecule has 0 aliphatic carbocycles. The molecule has 3 N–H and O–H groups in total. The molecule has 0 spiro atoms. The molecule has 1 unspecified atom stereocenters. The van der Waals surface area contributed by atoms with E-state index in [1.807, 2.05) is 4.31 Å². The highest BCUT2D eigenvalue weighted by atomic mass is 35.5. The first-order valence-electron chi connectivity index (χ1n) is 8.22. The highest BCUT2D eigenvalue weighted by Crippen LogP contribution is 2.28. The molecule has 6 nitrogen and oxygen atoms in total. The van der Waals surface area contributed by atoms with Crippen LogP contribution in [0.1, 0.15) is 12.8 Å². The number of β-amino-alcohol motifs (C(OH)–C–C–N with tert-alkyl or cyclic N) is 1. The number of hydrogen-bond acceptors (Lipinski definition) is 6. The number of hydrogen-bond donors (Lipinski definition) is 3. The number of nitrogen functional groups attached to an aromatic ring is 1. The van der Waals surface area contributed by atoms with Crippen LogP contribution in [0, 0.1) is 11.6 Å². The van der Waals surface area contributed by atoms with Crippen molar-refractivity contribution in [1.29, 1.82) is 0 Å². The summed E-state index contributed by atoms with van der Waals surface area (Å²) in [4.78, 5) is 3.70. The number of benzene rings is 1. The first kappa shape index (κ1) is 19.8. The Morgan fingerprint density at radius 2 is 2.04 bits per heavy atom. The Bertz CT molecular complexity index is 946. The highest BCUT2D eigenvalue weighted by Gasteiger charge is 2.16. The van der Waals surface area contributed by atoms with Crippen molar-refractivity contribution in [2.45, 2.75) is 18.9 Å². The number of anilines is 1. The van der Waals surface area contributed by atoms with Crippen LogP contribution in [0.2, 0.25) is 5.02 Å². The minimum atomic E-state index is -0.566. The first-order valence-corrected chi connectivity index (χ1v) is 9.00. The van der Waals surface area contributed by atoms with E-state index in [1.54, 1.807) is 0 Å². The average molecular weight is 414 g/mol. The van der Waals surface area contributed by atoms with Crippen molar-refractivity contribution in [3.05, 3.63) is 47.1 Å². The van der Waals surface area contributed by atoms with Gasteiger partial charge < -0.3 is 10.8 Å². The van der Waals surface area contributed by atoms with Gasteiger partial charge in [0.2, 0.25) is 5.95 Å². The molecule has 0 amide bonds. The van der Waals surface area contributed by atoms with Crippen LogP contribution in [-0.2, 0) is 0 Å². The molecule has 1 fully saturated rings. The second kappa shape index (κ2) is 8.39. The van der Waals surface area contributed by atoms with Gasteiger partial charge in [-0.1, -0.05) is 24.4 Å². The van der Waals surface area contributed by atoms with Gasteiger partial charge >= 0.3 is 0 Å². The minimum absolute atomic E-state index is 0.0290. The quantitative estimate of drug-likeness (QED) is 0.534. The summed E-state index contributed by atoms with van der Waals surface area (Å²) in [5.74, 6) is -1.15. The Morgan fingerprint density at radius 1 is 1.26 bits per heavy atom. The Morgan fingerprint density at radius 3 is 2.67 bits per heavy atom. The summed E-state index contributed by atoms with van der Waals surface area (Å²) in [6.45, 7) is 1.74. The van der Waals surface area contributed by atoms with Crippen LogP contribution in [-0.4, -0.2) is 43.2 Å². The van der Waals surface area contributed by atoms with Gasteiger partial charge in [0.15, 0.2) is 5.82 Å². The predicted octanol–water partition coefficient (Wildman–Crippen LogP) is 3.20. The molecule has 1 saturated heterocycles. The smallest absolute Gasteiger partial charge is 0.238 e. The second-order valence-corrected chi connectivity index (χ2v) is 7.13. The molecule has 0 saturated carbocycles. The van der Waals surface area contributed by atoms with E-state index in [0.717, 1.165) is 32.0 Å². The van der Waals surface area contributed by atoms with Crippen molar-refractivity contribution in [1.82, 2.24) is 18.9 Å². The number of nitrogens with two attached hydrogens (primary N) is 1. The van der Waals surface area contributed by atoms with Crippen LogP contribution in [0.25, 0.3) is 16.8 Å². The zero-order valence-electron chi connectivity index (χ0n) is 14.2. The number of aliphatic hydroxyl groups is 1. The number of nitrogens with zero attached hydrogens (tertiary/aromatic N) is 4. The Balaban J connectivity index is 0.000000221. The lowest BCUT2D eigenvalue weighted by molar-refractivity contribution is 0.113. The van der Waals surface area contributed by atoms with Crippen LogP contribution in [0.3, 0.4) is 0 Å². The van der Waals surface area contributed by atoms with E-state index < -0.39 is 11.6 Å². The van der Waals surface area contributed by atoms with Crippen LogP contribution >= 0.6 is 24.4 Å². The van der Waals surface area contributed by atoms with Gasteiger partial charge in [0, 0.05) is 29.7 Å². The number of aromatic nitrogens is 3. The van der Waals surface area contributed by atoms with E-state index in [-0.39, 0.29) is 33.8 Å². The number of rotatable bonds is 1. The molecule has 0 bridgehead atoms. The van der Waals surface area contributed by atoms with Gasteiger partial charge in [-0.25, -0.2) is 18.3 Å². The third-order valence-electron chi connectivity index (χ3n) is 4.07. The zero-order valence-corrected chi connectivity index (χ0v) is 15.8. The van der Waals surface area contributed by atoms with Crippen LogP contribution in [0.4, 0.5) is 14.7 Å². The predicted molar refractivity (Wildman–Crippen MR) is 104 cm³/mol. The van der Waals surface area contributed by atoms with Crippen LogP contribution < -0.4 is 5.73 Å². The van der Waals surface area contributed by atoms with E-state index >= 15 is 0 Å². The van der Waals surface area contributed by atoms with Gasteiger partial charge in [0.1, 0.15) is 11.3 Å². The fourth-order valence-electron chi connectivity index (χ4n) is 2.79. The number of halogens is 3. The van der Waals surface area contributed by atoms with E-state index in [2.05, 4.69) is 22.9 Å². The second-order valence-electron chi connectivity index (χ2n) is 6.12. The molecule has 1 aliphatic rings. The maximum absolute atomic E-state index is 13.9. The molecule has 4 rings (SSSR count). The number of piperidine rings is 1. The molecule has 10 heteroatoms. The molecule has 2 aromatic heterocycles. The number of thiol groups is 1.